The van der Waals surface area contributed by atoms with Crippen molar-refractivity contribution in [2.75, 3.05) is 19.0 Å². The lowest BCUT2D eigenvalue weighted by molar-refractivity contribution is 0.0950. The normalized spacial score (nSPS) is 10.3. The maximum Gasteiger partial charge on any atom is 0.251 e. The van der Waals surface area contributed by atoms with Crippen LogP contribution >= 0.6 is 15.9 Å². The third kappa shape index (κ3) is 4.26. The molecule has 1 aromatic heterocycles. The number of aromatic nitrogens is 2. The monoisotopic (exact) mass is 348 g/mol. The standard InChI is InChI=1S/C15H17BrN4O/c1-10-7-14(20(2)3)19-13(18-10)9-17-15(21)11-5-4-6-12(16)8-11/h4-8H,9H2,1-3H3,(H,17,21). The summed E-state index contributed by atoms with van der Waals surface area (Å²) in [6, 6.07) is 9.15. The van der Waals surface area contributed by atoms with Crippen LogP contribution in [0.4, 0.5) is 5.82 Å². The second-order valence-electron chi connectivity index (χ2n) is 4.87. The van der Waals surface area contributed by atoms with Gasteiger partial charge in [0, 0.05) is 35.9 Å². The van der Waals surface area contributed by atoms with Crippen molar-refractivity contribution in [1.82, 2.24) is 15.3 Å². The molecule has 0 spiro atoms. The van der Waals surface area contributed by atoms with Crippen LogP contribution in [0.3, 0.4) is 0 Å². The highest BCUT2D eigenvalue weighted by molar-refractivity contribution is 9.10. The van der Waals surface area contributed by atoms with Crippen molar-refractivity contribution >= 4 is 27.7 Å². The fourth-order valence-electron chi connectivity index (χ4n) is 1.81. The summed E-state index contributed by atoms with van der Waals surface area (Å²) in [5.41, 5.74) is 1.48. The zero-order valence-electron chi connectivity index (χ0n) is 12.2. The molecular weight excluding hydrogens is 332 g/mol. The fourth-order valence-corrected chi connectivity index (χ4v) is 2.21. The second kappa shape index (κ2) is 6.67. The molecule has 1 aromatic carbocycles. The van der Waals surface area contributed by atoms with Gasteiger partial charge in [-0.2, -0.15) is 0 Å². The highest BCUT2D eigenvalue weighted by Crippen LogP contribution is 2.12. The number of nitrogens with zero attached hydrogens (tertiary/aromatic N) is 3. The molecule has 6 heteroatoms. The first-order valence-electron chi connectivity index (χ1n) is 6.51. The summed E-state index contributed by atoms with van der Waals surface area (Å²) in [5, 5.41) is 2.83. The van der Waals surface area contributed by atoms with Crippen LogP contribution in [0.15, 0.2) is 34.8 Å². The number of rotatable bonds is 4. The minimum Gasteiger partial charge on any atom is -0.363 e. The molecule has 0 unspecified atom stereocenters. The fraction of sp³-hybridized carbons (Fsp3) is 0.267. The maximum atomic E-state index is 12.1. The molecule has 2 rings (SSSR count). The number of aryl methyl sites for hydroxylation is 1. The Hall–Kier alpha value is -1.95. The Balaban J connectivity index is 2.08. The minimum absolute atomic E-state index is 0.146. The molecule has 0 atom stereocenters. The van der Waals surface area contributed by atoms with Crippen molar-refractivity contribution in [2.45, 2.75) is 13.5 Å². The van der Waals surface area contributed by atoms with Gasteiger partial charge in [-0.3, -0.25) is 4.79 Å². The number of hydrogen-bond acceptors (Lipinski definition) is 4. The van der Waals surface area contributed by atoms with E-state index in [4.69, 9.17) is 0 Å². The summed E-state index contributed by atoms with van der Waals surface area (Å²) in [7, 11) is 3.84. The number of nitrogens with one attached hydrogen (secondary N) is 1. The van der Waals surface area contributed by atoms with Gasteiger partial charge in [0.15, 0.2) is 0 Å². The highest BCUT2D eigenvalue weighted by atomic mass is 79.9. The molecule has 0 saturated heterocycles. The Labute approximate surface area is 132 Å². The van der Waals surface area contributed by atoms with Crippen molar-refractivity contribution in [3.63, 3.8) is 0 Å². The van der Waals surface area contributed by atoms with Gasteiger partial charge in [-0.1, -0.05) is 22.0 Å². The minimum atomic E-state index is -0.146. The van der Waals surface area contributed by atoms with Crippen LogP contribution in [0, 0.1) is 6.92 Å². The van der Waals surface area contributed by atoms with E-state index < -0.39 is 0 Å². The Morgan fingerprint density at radius 3 is 2.71 bits per heavy atom. The molecule has 1 heterocycles. The van der Waals surface area contributed by atoms with Crippen LogP contribution in [0.5, 0.6) is 0 Å². The SMILES string of the molecule is Cc1cc(N(C)C)nc(CNC(=O)c2cccc(Br)c2)n1. The number of hydrogen-bond donors (Lipinski definition) is 1. The van der Waals surface area contributed by atoms with Gasteiger partial charge in [0.1, 0.15) is 11.6 Å². The zero-order chi connectivity index (χ0) is 15.4. The van der Waals surface area contributed by atoms with Crippen molar-refractivity contribution in [2.24, 2.45) is 0 Å². The summed E-state index contributed by atoms with van der Waals surface area (Å²) >= 11 is 3.35. The lowest BCUT2D eigenvalue weighted by Crippen LogP contribution is -2.24. The summed E-state index contributed by atoms with van der Waals surface area (Å²) in [6.07, 6.45) is 0. The van der Waals surface area contributed by atoms with Gasteiger partial charge in [-0.25, -0.2) is 9.97 Å². The molecule has 5 nitrogen and oxygen atoms in total. The number of carbonyl (C=O) groups is 1. The number of amides is 1. The first kappa shape index (κ1) is 15.4. The van der Waals surface area contributed by atoms with E-state index >= 15 is 0 Å². The summed E-state index contributed by atoms with van der Waals surface area (Å²) in [6.45, 7) is 2.21. The molecule has 1 N–H and O–H groups in total. The van der Waals surface area contributed by atoms with E-state index in [1.807, 2.05) is 44.1 Å². The van der Waals surface area contributed by atoms with Crippen LogP contribution in [-0.2, 0) is 6.54 Å². The van der Waals surface area contributed by atoms with E-state index in [1.54, 1.807) is 12.1 Å². The molecule has 21 heavy (non-hydrogen) atoms. The predicted octanol–water partition coefficient (Wildman–Crippen LogP) is 2.54. The Morgan fingerprint density at radius 1 is 1.29 bits per heavy atom. The average molecular weight is 349 g/mol. The van der Waals surface area contributed by atoms with Gasteiger partial charge in [0.25, 0.3) is 5.91 Å². The van der Waals surface area contributed by atoms with Gasteiger partial charge in [-0.05, 0) is 25.1 Å². The Kier molecular flexibility index (Phi) is 4.90. The molecule has 0 fully saturated rings. The maximum absolute atomic E-state index is 12.1. The van der Waals surface area contributed by atoms with E-state index in [0.29, 0.717) is 17.9 Å². The van der Waals surface area contributed by atoms with Gasteiger partial charge in [-0.15, -0.1) is 0 Å². The van der Waals surface area contributed by atoms with Gasteiger partial charge in [0.2, 0.25) is 0 Å². The van der Waals surface area contributed by atoms with Crippen LogP contribution in [0.2, 0.25) is 0 Å². The molecule has 0 aliphatic heterocycles. The highest BCUT2D eigenvalue weighted by Gasteiger charge is 2.08. The molecule has 110 valence electrons. The van der Waals surface area contributed by atoms with Crippen molar-refractivity contribution in [3.05, 3.63) is 51.9 Å². The number of benzene rings is 1. The van der Waals surface area contributed by atoms with Gasteiger partial charge in [0.05, 0.1) is 6.54 Å². The molecular formula is C15H17BrN4O. The molecule has 2 aromatic rings. The number of carbonyl (C=O) groups excluding carboxylic acids is 1. The van der Waals surface area contributed by atoms with Gasteiger partial charge < -0.3 is 10.2 Å². The predicted molar refractivity (Wildman–Crippen MR) is 86.4 cm³/mol. The number of anilines is 1. The molecule has 0 aliphatic carbocycles. The molecule has 0 radical (unpaired) electrons. The Morgan fingerprint density at radius 2 is 2.05 bits per heavy atom. The van der Waals surface area contributed by atoms with E-state index in [1.165, 1.54) is 0 Å². The summed E-state index contributed by atoms with van der Waals surface area (Å²) in [4.78, 5) is 22.7. The first-order valence-corrected chi connectivity index (χ1v) is 7.30. The van der Waals surface area contributed by atoms with Crippen molar-refractivity contribution < 1.29 is 4.79 Å². The Bertz CT molecular complexity index is 658. The van der Waals surface area contributed by atoms with Crippen LogP contribution in [0.1, 0.15) is 21.9 Å². The molecule has 1 amide bonds. The average Bonchev–Trinajstić information content (AvgIpc) is 2.44. The van der Waals surface area contributed by atoms with E-state index in [9.17, 15) is 4.79 Å². The van der Waals surface area contributed by atoms with Crippen molar-refractivity contribution in [1.29, 1.82) is 0 Å². The first-order chi connectivity index (χ1) is 9.95. The third-order valence-corrected chi connectivity index (χ3v) is 3.33. The smallest absolute Gasteiger partial charge is 0.251 e. The lowest BCUT2D eigenvalue weighted by Gasteiger charge is -2.13. The second-order valence-corrected chi connectivity index (χ2v) is 5.79. The van der Waals surface area contributed by atoms with Crippen LogP contribution in [-0.4, -0.2) is 30.0 Å². The molecule has 0 bridgehead atoms. The molecule has 0 saturated carbocycles. The zero-order valence-corrected chi connectivity index (χ0v) is 13.8. The van der Waals surface area contributed by atoms with E-state index in [2.05, 4.69) is 31.2 Å². The van der Waals surface area contributed by atoms with E-state index in [-0.39, 0.29) is 5.91 Å². The topological polar surface area (TPSA) is 58.1 Å². The third-order valence-electron chi connectivity index (χ3n) is 2.84. The summed E-state index contributed by atoms with van der Waals surface area (Å²) < 4.78 is 0.872. The quantitative estimate of drug-likeness (QED) is 0.922. The van der Waals surface area contributed by atoms with E-state index in [0.717, 1.165) is 16.0 Å². The number of halogens is 1. The van der Waals surface area contributed by atoms with Crippen LogP contribution < -0.4 is 10.2 Å². The largest absolute Gasteiger partial charge is 0.363 e. The van der Waals surface area contributed by atoms with Crippen molar-refractivity contribution in [3.8, 4) is 0 Å². The van der Waals surface area contributed by atoms with Gasteiger partial charge >= 0.3 is 0 Å². The summed E-state index contributed by atoms with van der Waals surface area (Å²) in [5.74, 6) is 1.28. The lowest BCUT2D eigenvalue weighted by atomic mass is 10.2. The molecule has 0 aliphatic rings. The van der Waals surface area contributed by atoms with Crippen LogP contribution in [0.25, 0.3) is 0 Å².